The van der Waals surface area contributed by atoms with E-state index in [9.17, 15) is 13.2 Å². The Balaban J connectivity index is 1.61. The highest BCUT2D eigenvalue weighted by Gasteiger charge is 2.31. The molecule has 0 radical (unpaired) electrons. The molecule has 3 aromatic rings. The molecule has 0 saturated carbocycles. The monoisotopic (exact) mass is 399 g/mol. The quantitative estimate of drug-likeness (QED) is 0.715. The van der Waals surface area contributed by atoms with Crippen molar-refractivity contribution >= 4 is 21.9 Å². The van der Waals surface area contributed by atoms with Crippen LogP contribution in [0.4, 0.5) is 5.95 Å². The molecule has 1 amide bonds. The summed E-state index contributed by atoms with van der Waals surface area (Å²) < 4.78 is 33.5. The Morgan fingerprint density at radius 3 is 2.61 bits per heavy atom. The molecular formula is C18H17N5O4S. The minimum Gasteiger partial charge on any atom is -0.497 e. The maximum atomic E-state index is 12.7. The van der Waals surface area contributed by atoms with Crippen molar-refractivity contribution in [2.24, 2.45) is 0 Å². The van der Waals surface area contributed by atoms with Gasteiger partial charge in [0.05, 0.1) is 12.8 Å². The van der Waals surface area contributed by atoms with Gasteiger partial charge < -0.3 is 9.64 Å². The summed E-state index contributed by atoms with van der Waals surface area (Å²) in [6, 6.07) is 13.7. The summed E-state index contributed by atoms with van der Waals surface area (Å²) in [5.74, 6) is 0.201. The fourth-order valence-corrected chi connectivity index (χ4v) is 4.09. The van der Waals surface area contributed by atoms with Gasteiger partial charge in [0, 0.05) is 13.6 Å². The maximum absolute atomic E-state index is 12.7. The number of ether oxygens (including phenoxy) is 1. The highest BCUT2D eigenvalue weighted by Crippen LogP contribution is 2.29. The van der Waals surface area contributed by atoms with Crippen LogP contribution in [0, 0.1) is 0 Å². The van der Waals surface area contributed by atoms with Crippen molar-refractivity contribution in [3.63, 3.8) is 0 Å². The van der Waals surface area contributed by atoms with Crippen LogP contribution in [0.25, 0.3) is 5.69 Å². The second-order valence-electron chi connectivity index (χ2n) is 6.25. The van der Waals surface area contributed by atoms with Gasteiger partial charge in [0.15, 0.2) is 0 Å². The standard InChI is InChI=1S/C18H17N5O4S/c1-22(11-12-7-9-13(27-2)10-8-12)17(24)16-19-18-21-28(25,26)15-6-4-3-5-14(15)23(18)20-16/h3-10H,11H2,1-2H3,(H,19,20,21). The first-order valence-electron chi connectivity index (χ1n) is 8.37. The van der Waals surface area contributed by atoms with Crippen molar-refractivity contribution < 1.29 is 17.9 Å². The van der Waals surface area contributed by atoms with Crippen LogP contribution in [0.3, 0.4) is 0 Å². The molecule has 0 unspecified atom stereocenters. The van der Waals surface area contributed by atoms with Gasteiger partial charge in [0.1, 0.15) is 10.6 Å². The number of aromatic nitrogens is 3. The average molecular weight is 399 g/mol. The normalized spacial score (nSPS) is 13.8. The Morgan fingerprint density at radius 2 is 1.89 bits per heavy atom. The second kappa shape index (κ2) is 6.64. The van der Waals surface area contributed by atoms with E-state index >= 15 is 0 Å². The molecule has 144 valence electrons. The minimum atomic E-state index is -3.75. The number of para-hydroxylation sites is 1. The van der Waals surface area contributed by atoms with E-state index in [1.807, 2.05) is 24.3 Å². The molecule has 1 aliphatic rings. The summed E-state index contributed by atoms with van der Waals surface area (Å²) >= 11 is 0. The van der Waals surface area contributed by atoms with Crippen molar-refractivity contribution in [2.75, 3.05) is 18.9 Å². The van der Waals surface area contributed by atoms with Crippen LogP contribution in [0.15, 0.2) is 53.4 Å². The summed E-state index contributed by atoms with van der Waals surface area (Å²) in [6.07, 6.45) is 0. The molecule has 10 heteroatoms. The van der Waals surface area contributed by atoms with Crippen LogP contribution >= 0.6 is 0 Å². The summed E-state index contributed by atoms with van der Waals surface area (Å²) in [5.41, 5.74) is 1.26. The van der Waals surface area contributed by atoms with Gasteiger partial charge in [-0.1, -0.05) is 24.3 Å². The van der Waals surface area contributed by atoms with Crippen LogP contribution in [0.1, 0.15) is 16.2 Å². The molecule has 1 aromatic heterocycles. The lowest BCUT2D eigenvalue weighted by atomic mass is 10.2. The number of anilines is 1. The number of hydrogen-bond donors (Lipinski definition) is 1. The zero-order valence-electron chi connectivity index (χ0n) is 15.2. The number of benzene rings is 2. The van der Waals surface area contributed by atoms with E-state index in [-0.39, 0.29) is 16.7 Å². The molecule has 0 saturated heterocycles. The summed E-state index contributed by atoms with van der Waals surface area (Å²) in [5, 5.41) is 4.22. The smallest absolute Gasteiger partial charge is 0.293 e. The third-order valence-corrected chi connectivity index (χ3v) is 5.71. The summed E-state index contributed by atoms with van der Waals surface area (Å²) in [7, 11) is -0.537. The van der Waals surface area contributed by atoms with Gasteiger partial charge in [-0.05, 0) is 29.8 Å². The largest absolute Gasteiger partial charge is 0.497 e. The zero-order chi connectivity index (χ0) is 19.9. The van der Waals surface area contributed by atoms with Gasteiger partial charge in [-0.3, -0.25) is 4.79 Å². The minimum absolute atomic E-state index is 0.0140. The van der Waals surface area contributed by atoms with Crippen LogP contribution in [-0.2, 0) is 16.6 Å². The molecule has 0 atom stereocenters. The summed E-state index contributed by atoms with van der Waals surface area (Å²) in [6.45, 7) is 0.342. The van der Waals surface area contributed by atoms with E-state index in [1.54, 1.807) is 32.4 Å². The average Bonchev–Trinajstić information content (AvgIpc) is 3.11. The predicted octanol–water partition coefficient (Wildman–Crippen LogP) is 1.66. The number of nitrogens with one attached hydrogen (secondary N) is 1. The number of amides is 1. The maximum Gasteiger partial charge on any atom is 0.293 e. The molecular weight excluding hydrogens is 382 g/mol. The zero-order valence-corrected chi connectivity index (χ0v) is 16.0. The lowest BCUT2D eigenvalue weighted by Crippen LogP contribution is -2.27. The third kappa shape index (κ3) is 3.07. The van der Waals surface area contributed by atoms with Gasteiger partial charge in [0.25, 0.3) is 15.9 Å². The van der Waals surface area contributed by atoms with E-state index in [0.717, 1.165) is 11.3 Å². The molecule has 0 aliphatic carbocycles. The van der Waals surface area contributed by atoms with E-state index < -0.39 is 15.9 Å². The number of carbonyl (C=O) groups is 1. The van der Waals surface area contributed by atoms with E-state index in [0.29, 0.717) is 12.2 Å². The molecule has 2 heterocycles. The van der Waals surface area contributed by atoms with Gasteiger partial charge in [-0.15, -0.1) is 5.10 Å². The van der Waals surface area contributed by atoms with Gasteiger partial charge in [0.2, 0.25) is 11.8 Å². The Hall–Kier alpha value is -3.40. The van der Waals surface area contributed by atoms with Crippen LogP contribution in [0.2, 0.25) is 0 Å². The number of carbonyl (C=O) groups excluding carboxylic acids is 1. The number of hydrogen-bond acceptors (Lipinski definition) is 6. The Kier molecular flexibility index (Phi) is 4.27. The summed E-state index contributed by atoms with van der Waals surface area (Å²) in [4.78, 5) is 18.4. The van der Waals surface area contributed by atoms with E-state index in [2.05, 4.69) is 14.8 Å². The van der Waals surface area contributed by atoms with E-state index in [1.165, 1.54) is 15.6 Å². The number of nitrogens with zero attached hydrogens (tertiary/aromatic N) is 4. The molecule has 9 nitrogen and oxygen atoms in total. The highest BCUT2D eigenvalue weighted by molar-refractivity contribution is 7.92. The Labute approximate surface area is 161 Å². The van der Waals surface area contributed by atoms with Gasteiger partial charge in [-0.25, -0.2) is 13.1 Å². The predicted molar refractivity (Wildman–Crippen MR) is 101 cm³/mol. The number of methoxy groups -OCH3 is 1. The van der Waals surface area contributed by atoms with Crippen molar-refractivity contribution in [1.29, 1.82) is 0 Å². The number of rotatable bonds is 4. The first kappa shape index (κ1) is 18.0. The second-order valence-corrected chi connectivity index (χ2v) is 7.90. The molecule has 0 bridgehead atoms. The molecule has 1 aliphatic heterocycles. The Bertz CT molecular complexity index is 1150. The number of fused-ring (bicyclic) bond motifs is 3. The first-order valence-corrected chi connectivity index (χ1v) is 9.85. The van der Waals surface area contributed by atoms with Crippen LogP contribution in [-0.4, -0.2) is 48.1 Å². The lowest BCUT2D eigenvalue weighted by Gasteiger charge is -2.17. The van der Waals surface area contributed by atoms with Gasteiger partial charge in [-0.2, -0.15) is 9.67 Å². The van der Waals surface area contributed by atoms with E-state index in [4.69, 9.17) is 4.74 Å². The molecule has 1 N–H and O–H groups in total. The fourth-order valence-electron chi connectivity index (χ4n) is 2.92. The SMILES string of the molecule is COc1ccc(CN(C)C(=O)c2nc3n(n2)-c2ccccc2S(=O)(=O)N3)cc1. The van der Waals surface area contributed by atoms with Gasteiger partial charge >= 0.3 is 0 Å². The molecule has 0 spiro atoms. The molecule has 4 rings (SSSR count). The fraction of sp³-hybridized carbons (Fsp3) is 0.167. The molecule has 0 fully saturated rings. The lowest BCUT2D eigenvalue weighted by molar-refractivity contribution is 0.0773. The number of sulfonamides is 1. The van der Waals surface area contributed by atoms with Crippen molar-refractivity contribution in [3.05, 3.63) is 59.9 Å². The van der Waals surface area contributed by atoms with Crippen LogP contribution in [0.5, 0.6) is 5.75 Å². The van der Waals surface area contributed by atoms with Crippen molar-refractivity contribution in [2.45, 2.75) is 11.4 Å². The molecule has 2 aromatic carbocycles. The van der Waals surface area contributed by atoms with Crippen molar-refractivity contribution in [1.82, 2.24) is 19.7 Å². The first-order chi connectivity index (χ1) is 13.4. The highest BCUT2D eigenvalue weighted by atomic mass is 32.2. The Morgan fingerprint density at radius 1 is 1.18 bits per heavy atom. The molecule has 28 heavy (non-hydrogen) atoms. The van der Waals surface area contributed by atoms with Crippen LogP contribution < -0.4 is 9.46 Å². The third-order valence-electron chi connectivity index (χ3n) is 4.33. The topological polar surface area (TPSA) is 106 Å². The van der Waals surface area contributed by atoms with Crippen molar-refractivity contribution in [3.8, 4) is 11.4 Å².